The molecule has 0 fully saturated rings. The van der Waals surface area contributed by atoms with Crippen molar-refractivity contribution in [2.45, 2.75) is 0 Å². The summed E-state index contributed by atoms with van der Waals surface area (Å²) in [7, 11) is 4.55. The van der Waals surface area contributed by atoms with Crippen LogP contribution in [0.2, 0.25) is 0 Å². The summed E-state index contributed by atoms with van der Waals surface area (Å²) in [6.45, 7) is 0. The van der Waals surface area contributed by atoms with E-state index in [2.05, 4.69) is 15.5 Å². The lowest BCUT2D eigenvalue weighted by Crippen LogP contribution is -2.17. The maximum Gasteiger partial charge on any atom is 0.287 e. The zero-order valence-electron chi connectivity index (χ0n) is 15.1. The van der Waals surface area contributed by atoms with Crippen molar-refractivity contribution < 1.29 is 24.1 Å². The minimum Gasteiger partial charge on any atom is -0.504 e. The molecule has 0 aliphatic rings. The van der Waals surface area contributed by atoms with E-state index in [9.17, 15) is 9.90 Å². The number of fused-ring (bicyclic) bond motifs is 1. The fourth-order valence-electron chi connectivity index (χ4n) is 2.61. The van der Waals surface area contributed by atoms with Crippen LogP contribution in [0.4, 0.5) is 0 Å². The number of hydrogen-bond donors (Lipinski definition) is 3. The number of hydrazone groups is 1. The predicted octanol–water partition coefficient (Wildman–Crippen LogP) is 2.66. The Balaban J connectivity index is 1.78. The minimum atomic E-state index is -0.428. The summed E-state index contributed by atoms with van der Waals surface area (Å²) in [6.07, 6.45) is 1.34. The van der Waals surface area contributed by atoms with Crippen LogP contribution in [0.1, 0.15) is 16.1 Å². The van der Waals surface area contributed by atoms with Gasteiger partial charge in [0.05, 0.1) is 27.5 Å². The standard InChI is InChI=1S/C19H19N3O5/c1-25-15-6-4-5-11(18(15)23)10-20-22-19(24)14-7-12-8-16(26-2)17(27-3)9-13(12)21-14/h4-10,21,23H,1-3H3,(H,22,24)/b20-10-. The summed E-state index contributed by atoms with van der Waals surface area (Å²) < 4.78 is 15.5. The van der Waals surface area contributed by atoms with E-state index in [-0.39, 0.29) is 5.75 Å². The third-order valence-electron chi connectivity index (χ3n) is 3.99. The molecule has 27 heavy (non-hydrogen) atoms. The van der Waals surface area contributed by atoms with Gasteiger partial charge in [-0.15, -0.1) is 0 Å². The lowest BCUT2D eigenvalue weighted by Gasteiger charge is -2.06. The first-order valence-electron chi connectivity index (χ1n) is 8.01. The van der Waals surface area contributed by atoms with Crippen LogP contribution in [0.5, 0.6) is 23.0 Å². The Morgan fingerprint density at radius 1 is 1.07 bits per heavy atom. The van der Waals surface area contributed by atoms with E-state index in [0.29, 0.717) is 28.5 Å². The van der Waals surface area contributed by atoms with E-state index < -0.39 is 5.91 Å². The number of nitrogens with zero attached hydrogens (tertiary/aromatic N) is 1. The molecule has 8 nitrogen and oxygen atoms in total. The van der Waals surface area contributed by atoms with Gasteiger partial charge in [0, 0.05) is 22.5 Å². The third-order valence-corrected chi connectivity index (χ3v) is 3.99. The van der Waals surface area contributed by atoms with Crippen molar-refractivity contribution in [3.63, 3.8) is 0 Å². The molecule has 0 atom stereocenters. The number of hydrogen-bond acceptors (Lipinski definition) is 6. The summed E-state index contributed by atoms with van der Waals surface area (Å²) in [5.74, 6) is 0.974. The van der Waals surface area contributed by atoms with Gasteiger partial charge in [0.15, 0.2) is 23.0 Å². The quantitative estimate of drug-likeness (QED) is 0.458. The number of aromatic amines is 1. The summed E-state index contributed by atoms with van der Waals surface area (Å²) in [4.78, 5) is 15.3. The minimum absolute atomic E-state index is 0.0530. The van der Waals surface area contributed by atoms with Crippen molar-refractivity contribution in [2.75, 3.05) is 21.3 Å². The second kappa shape index (κ2) is 7.69. The van der Waals surface area contributed by atoms with Crippen molar-refractivity contribution in [1.82, 2.24) is 10.4 Å². The molecule has 1 aromatic heterocycles. The highest BCUT2D eigenvalue weighted by atomic mass is 16.5. The Hall–Kier alpha value is -3.68. The van der Waals surface area contributed by atoms with E-state index in [1.165, 1.54) is 13.3 Å². The molecule has 0 spiro atoms. The molecular weight excluding hydrogens is 350 g/mol. The van der Waals surface area contributed by atoms with Crippen LogP contribution in [0.25, 0.3) is 10.9 Å². The average molecular weight is 369 g/mol. The smallest absolute Gasteiger partial charge is 0.287 e. The maximum absolute atomic E-state index is 12.3. The first kappa shape index (κ1) is 18.1. The van der Waals surface area contributed by atoms with E-state index in [1.807, 2.05) is 0 Å². The Morgan fingerprint density at radius 2 is 1.78 bits per heavy atom. The van der Waals surface area contributed by atoms with Gasteiger partial charge < -0.3 is 24.3 Å². The number of amides is 1. The van der Waals surface area contributed by atoms with Crippen LogP contribution >= 0.6 is 0 Å². The Bertz CT molecular complexity index is 969. The van der Waals surface area contributed by atoms with Gasteiger partial charge in [0.1, 0.15) is 5.69 Å². The van der Waals surface area contributed by atoms with Gasteiger partial charge >= 0.3 is 0 Å². The van der Waals surface area contributed by atoms with Crippen molar-refractivity contribution in [1.29, 1.82) is 0 Å². The number of phenols is 1. The Labute approximate surface area is 155 Å². The number of benzene rings is 2. The molecule has 1 amide bonds. The number of nitrogens with one attached hydrogen (secondary N) is 2. The molecule has 0 radical (unpaired) electrons. The number of phenolic OH excluding ortho intramolecular Hbond substituents is 1. The van der Waals surface area contributed by atoms with Crippen LogP contribution in [0.15, 0.2) is 41.5 Å². The molecule has 0 aliphatic heterocycles. The highest BCUT2D eigenvalue weighted by Crippen LogP contribution is 2.32. The topological polar surface area (TPSA) is 105 Å². The predicted molar refractivity (Wildman–Crippen MR) is 101 cm³/mol. The fraction of sp³-hybridized carbons (Fsp3) is 0.158. The largest absolute Gasteiger partial charge is 0.504 e. The molecule has 0 unspecified atom stereocenters. The number of ether oxygens (including phenoxy) is 3. The molecule has 0 saturated heterocycles. The fourth-order valence-corrected chi connectivity index (χ4v) is 2.61. The van der Waals surface area contributed by atoms with E-state index in [1.54, 1.807) is 50.6 Å². The van der Waals surface area contributed by atoms with Crippen LogP contribution in [0.3, 0.4) is 0 Å². The van der Waals surface area contributed by atoms with Gasteiger partial charge in [-0.1, -0.05) is 6.07 Å². The molecule has 140 valence electrons. The maximum atomic E-state index is 12.3. The molecule has 0 saturated carbocycles. The molecular formula is C19H19N3O5. The van der Waals surface area contributed by atoms with E-state index in [0.717, 1.165) is 10.9 Å². The Kier molecular flexibility index (Phi) is 5.16. The number of methoxy groups -OCH3 is 3. The summed E-state index contributed by atoms with van der Waals surface area (Å²) in [5, 5.41) is 14.7. The molecule has 3 rings (SSSR count). The Morgan fingerprint density at radius 3 is 2.48 bits per heavy atom. The first-order valence-corrected chi connectivity index (χ1v) is 8.01. The van der Waals surface area contributed by atoms with Gasteiger partial charge in [-0.2, -0.15) is 5.10 Å². The van der Waals surface area contributed by atoms with E-state index >= 15 is 0 Å². The lowest BCUT2D eigenvalue weighted by molar-refractivity contribution is 0.0951. The second-order valence-electron chi connectivity index (χ2n) is 5.57. The summed E-state index contributed by atoms with van der Waals surface area (Å²) in [6, 6.07) is 10.2. The number of aromatic hydroxyl groups is 1. The van der Waals surface area contributed by atoms with Gasteiger partial charge in [0.25, 0.3) is 5.91 Å². The zero-order chi connectivity index (χ0) is 19.4. The van der Waals surface area contributed by atoms with Gasteiger partial charge in [-0.25, -0.2) is 5.43 Å². The monoisotopic (exact) mass is 369 g/mol. The molecule has 8 heteroatoms. The molecule has 3 N–H and O–H groups in total. The van der Waals surface area contributed by atoms with E-state index in [4.69, 9.17) is 14.2 Å². The molecule has 0 aliphatic carbocycles. The number of para-hydroxylation sites is 1. The van der Waals surface area contributed by atoms with Crippen molar-refractivity contribution in [3.8, 4) is 23.0 Å². The first-order chi connectivity index (χ1) is 13.1. The van der Waals surface area contributed by atoms with Gasteiger partial charge in [0.2, 0.25) is 0 Å². The average Bonchev–Trinajstić information content (AvgIpc) is 3.11. The highest BCUT2D eigenvalue weighted by molar-refractivity contribution is 5.99. The van der Waals surface area contributed by atoms with Crippen LogP contribution < -0.4 is 19.6 Å². The number of carbonyl (C=O) groups excluding carboxylic acids is 1. The van der Waals surface area contributed by atoms with Gasteiger partial charge in [-0.05, 0) is 24.3 Å². The SMILES string of the molecule is COc1cc2cc(C(=O)N/N=C\c3cccc(OC)c3O)[nH]c2cc1OC. The zero-order valence-corrected chi connectivity index (χ0v) is 15.1. The number of aromatic nitrogens is 1. The molecule has 2 aromatic carbocycles. The van der Waals surface area contributed by atoms with Crippen molar-refractivity contribution in [2.24, 2.45) is 5.10 Å². The lowest BCUT2D eigenvalue weighted by atomic mass is 10.2. The molecule has 3 aromatic rings. The molecule has 1 heterocycles. The van der Waals surface area contributed by atoms with Crippen molar-refractivity contribution >= 4 is 23.0 Å². The number of H-pyrrole nitrogens is 1. The summed E-state index contributed by atoms with van der Waals surface area (Å²) in [5.41, 5.74) is 3.89. The normalized spacial score (nSPS) is 10.9. The van der Waals surface area contributed by atoms with Crippen LogP contribution in [0, 0.1) is 0 Å². The summed E-state index contributed by atoms with van der Waals surface area (Å²) >= 11 is 0. The van der Waals surface area contributed by atoms with Crippen molar-refractivity contribution in [3.05, 3.63) is 47.7 Å². The third kappa shape index (κ3) is 3.64. The second-order valence-corrected chi connectivity index (χ2v) is 5.57. The molecule has 0 bridgehead atoms. The van der Waals surface area contributed by atoms with Crippen LogP contribution in [-0.2, 0) is 0 Å². The highest BCUT2D eigenvalue weighted by Gasteiger charge is 2.12. The number of rotatable bonds is 6. The van der Waals surface area contributed by atoms with Crippen LogP contribution in [-0.4, -0.2) is 43.5 Å². The number of carbonyl (C=O) groups is 1. The van der Waals surface area contributed by atoms with Gasteiger partial charge in [-0.3, -0.25) is 4.79 Å².